The van der Waals surface area contributed by atoms with Crippen molar-refractivity contribution in [3.8, 4) is 17.2 Å². The quantitative estimate of drug-likeness (QED) is 0.361. The molecule has 0 bridgehead atoms. The van der Waals surface area contributed by atoms with Gasteiger partial charge in [-0.2, -0.15) is 5.10 Å². The number of nitrogens with one attached hydrogen (secondary N) is 2. The number of nitrogens with zero attached hydrogens (tertiary/aromatic N) is 2. The summed E-state index contributed by atoms with van der Waals surface area (Å²) in [7, 11) is 4.74. The molecule has 4 aromatic rings. The maximum atomic E-state index is 10.6. The van der Waals surface area contributed by atoms with Gasteiger partial charge in [-0.25, -0.2) is 0 Å². The van der Waals surface area contributed by atoms with Crippen LogP contribution in [0.3, 0.4) is 0 Å². The fourth-order valence-electron chi connectivity index (χ4n) is 3.06. The Morgan fingerprint density at radius 2 is 1.80 bits per heavy atom. The first-order valence-corrected chi connectivity index (χ1v) is 9.76. The molecule has 0 aliphatic rings. The Hall–Kier alpha value is -3.37. The van der Waals surface area contributed by atoms with Crippen molar-refractivity contribution in [2.75, 3.05) is 26.1 Å². The predicted octanol–water partition coefficient (Wildman–Crippen LogP) is 3.78. The zero-order valence-corrected chi connectivity index (χ0v) is 17.3. The van der Waals surface area contributed by atoms with Crippen LogP contribution in [0.5, 0.6) is 17.2 Å². The smallest absolute Gasteiger partial charge is 0.191 e. The van der Waals surface area contributed by atoms with Crippen molar-refractivity contribution < 1.29 is 23.8 Å². The number of ether oxygens (including phenoxy) is 3. The summed E-state index contributed by atoms with van der Waals surface area (Å²) in [6.45, 7) is 0. The average Bonchev–Trinajstić information content (AvgIpc) is 3.46. The van der Waals surface area contributed by atoms with Crippen molar-refractivity contribution in [2.45, 2.75) is 11.0 Å². The fraction of sp³-hybridized carbons (Fsp3) is 0.200. The molecule has 0 saturated carbocycles. The third-order valence-electron chi connectivity index (χ3n) is 4.55. The van der Waals surface area contributed by atoms with E-state index >= 15 is 0 Å². The summed E-state index contributed by atoms with van der Waals surface area (Å²) in [6.07, 6.45) is 0.674. The lowest BCUT2D eigenvalue weighted by Gasteiger charge is -2.13. The van der Waals surface area contributed by atoms with Gasteiger partial charge in [0.05, 0.1) is 27.0 Å². The minimum absolute atomic E-state index is 0.470. The number of aromatic amines is 1. The van der Waals surface area contributed by atoms with Crippen LogP contribution in [0.25, 0.3) is 11.0 Å². The monoisotopic (exact) mass is 428 g/mol. The molecule has 1 unspecified atom stereocenters. The second kappa shape index (κ2) is 8.56. The lowest BCUT2D eigenvalue weighted by Crippen LogP contribution is -2.01. The summed E-state index contributed by atoms with van der Waals surface area (Å²) in [4.78, 5) is 0.768. The molecule has 2 aromatic heterocycles. The molecule has 2 heterocycles. The van der Waals surface area contributed by atoms with Crippen LogP contribution >= 0.6 is 11.9 Å². The summed E-state index contributed by atoms with van der Waals surface area (Å²) in [5.41, 5.74) is 1.62. The van der Waals surface area contributed by atoms with Crippen LogP contribution in [-0.4, -0.2) is 41.8 Å². The zero-order valence-electron chi connectivity index (χ0n) is 16.5. The van der Waals surface area contributed by atoms with Gasteiger partial charge in [0, 0.05) is 6.20 Å². The number of aromatic nitrogens is 3. The molecule has 10 heteroatoms. The molecular formula is C20H20N4O5S. The van der Waals surface area contributed by atoms with Crippen LogP contribution in [0.4, 0.5) is 5.82 Å². The first-order chi connectivity index (χ1) is 14.7. The molecule has 2 aromatic carbocycles. The zero-order chi connectivity index (χ0) is 21.1. The molecule has 1 atom stereocenters. The molecule has 0 radical (unpaired) electrons. The normalized spacial score (nSPS) is 12.0. The molecule has 156 valence electrons. The Morgan fingerprint density at radius 3 is 2.43 bits per heavy atom. The van der Waals surface area contributed by atoms with E-state index in [2.05, 4.69) is 20.1 Å². The predicted molar refractivity (Wildman–Crippen MR) is 112 cm³/mol. The van der Waals surface area contributed by atoms with Crippen molar-refractivity contribution in [1.29, 1.82) is 0 Å². The van der Waals surface area contributed by atoms with Crippen LogP contribution < -0.4 is 18.9 Å². The van der Waals surface area contributed by atoms with Crippen molar-refractivity contribution in [2.24, 2.45) is 0 Å². The highest BCUT2D eigenvalue weighted by atomic mass is 32.2. The van der Waals surface area contributed by atoms with Gasteiger partial charge in [-0.1, -0.05) is 11.2 Å². The van der Waals surface area contributed by atoms with Crippen LogP contribution in [-0.2, 0) is 0 Å². The Labute approximate surface area is 176 Å². The number of hydrogen-bond acceptors (Lipinski definition) is 9. The van der Waals surface area contributed by atoms with Gasteiger partial charge >= 0.3 is 0 Å². The second-order valence-electron chi connectivity index (χ2n) is 6.24. The average molecular weight is 428 g/mol. The van der Waals surface area contributed by atoms with Gasteiger partial charge in [-0.05, 0) is 47.8 Å². The van der Waals surface area contributed by atoms with Crippen molar-refractivity contribution in [1.82, 2.24) is 15.4 Å². The number of rotatable bonds is 8. The highest BCUT2D eigenvalue weighted by Gasteiger charge is 2.21. The number of methoxy groups -OCH3 is 3. The van der Waals surface area contributed by atoms with E-state index in [0.29, 0.717) is 45.3 Å². The summed E-state index contributed by atoms with van der Waals surface area (Å²) in [5, 5.41) is 22.0. The van der Waals surface area contributed by atoms with E-state index in [1.807, 2.05) is 18.2 Å². The first-order valence-electron chi connectivity index (χ1n) is 8.94. The third kappa shape index (κ3) is 3.62. The summed E-state index contributed by atoms with van der Waals surface area (Å²) in [5.74, 6) is 2.31. The molecule has 0 saturated heterocycles. The minimum atomic E-state index is -0.903. The van der Waals surface area contributed by atoms with Crippen LogP contribution in [0, 0.1) is 0 Å². The largest absolute Gasteiger partial charge is 0.496 e. The summed E-state index contributed by atoms with van der Waals surface area (Å²) >= 11 is 1.28. The van der Waals surface area contributed by atoms with E-state index in [4.69, 9.17) is 18.7 Å². The number of benzene rings is 2. The van der Waals surface area contributed by atoms with Crippen LogP contribution in [0.2, 0.25) is 0 Å². The third-order valence-corrected chi connectivity index (χ3v) is 5.45. The van der Waals surface area contributed by atoms with E-state index in [-0.39, 0.29) is 0 Å². The Balaban J connectivity index is 1.67. The molecule has 0 fully saturated rings. The topological polar surface area (TPSA) is 115 Å². The molecule has 30 heavy (non-hydrogen) atoms. The number of hydrogen-bond donors (Lipinski definition) is 3. The highest BCUT2D eigenvalue weighted by molar-refractivity contribution is 8.00. The molecule has 0 aliphatic heterocycles. The lowest BCUT2D eigenvalue weighted by atomic mass is 10.0. The number of H-pyrrole nitrogens is 1. The molecule has 3 N–H and O–H groups in total. The van der Waals surface area contributed by atoms with Crippen molar-refractivity contribution >= 4 is 28.7 Å². The van der Waals surface area contributed by atoms with Gasteiger partial charge in [0.25, 0.3) is 0 Å². The maximum absolute atomic E-state index is 10.6. The van der Waals surface area contributed by atoms with E-state index in [0.717, 1.165) is 4.90 Å². The van der Waals surface area contributed by atoms with E-state index in [1.54, 1.807) is 45.7 Å². The molecule has 0 amide bonds. The van der Waals surface area contributed by atoms with E-state index < -0.39 is 6.10 Å². The summed E-state index contributed by atoms with van der Waals surface area (Å²) < 4.78 is 25.1. The molecule has 0 aliphatic carbocycles. The number of aliphatic hydroxyl groups is 1. The Kier molecular flexibility index (Phi) is 5.68. The Morgan fingerprint density at radius 1 is 1.07 bits per heavy atom. The van der Waals surface area contributed by atoms with Gasteiger partial charge in [0.2, 0.25) is 0 Å². The van der Waals surface area contributed by atoms with Crippen LogP contribution in [0.15, 0.2) is 52.0 Å². The second-order valence-corrected chi connectivity index (χ2v) is 7.05. The number of aliphatic hydroxyl groups excluding tert-OH is 1. The lowest BCUT2D eigenvalue weighted by molar-refractivity contribution is 0.214. The van der Waals surface area contributed by atoms with Gasteiger partial charge in [-0.15, -0.1) is 0 Å². The fourth-order valence-corrected chi connectivity index (χ4v) is 3.90. The van der Waals surface area contributed by atoms with Gasteiger partial charge in [0.1, 0.15) is 33.6 Å². The first kappa shape index (κ1) is 19.9. The molecule has 0 spiro atoms. The number of fused-ring (bicyclic) bond motifs is 1. The van der Waals surface area contributed by atoms with Crippen LogP contribution in [0.1, 0.15) is 17.4 Å². The number of anilines is 1. The highest BCUT2D eigenvalue weighted by Crippen LogP contribution is 2.41. The van der Waals surface area contributed by atoms with Crippen molar-refractivity contribution in [3.05, 3.63) is 53.9 Å². The van der Waals surface area contributed by atoms with E-state index in [1.165, 1.54) is 11.9 Å². The molecular weight excluding hydrogens is 408 g/mol. The van der Waals surface area contributed by atoms with Gasteiger partial charge in [-0.3, -0.25) is 5.10 Å². The van der Waals surface area contributed by atoms with Crippen molar-refractivity contribution in [3.63, 3.8) is 0 Å². The maximum Gasteiger partial charge on any atom is 0.191 e. The molecule has 4 rings (SSSR count). The van der Waals surface area contributed by atoms with Gasteiger partial charge < -0.3 is 28.6 Å². The minimum Gasteiger partial charge on any atom is -0.496 e. The molecule has 9 nitrogen and oxygen atoms in total. The van der Waals surface area contributed by atoms with E-state index in [9.17, 15) is 5.11 Å². The summed E-state index contributed by atoms with van der Waals surface area (Å²) in [6, 6.07) is 10.7. The Bertz CT molecular complexity index is 1120. The van der Waals surface area contributed by atoms with Gasteiger partial charge in [0.15, 0.2) is 11.4 Å². The SMILES string of the molecule is COc1cccc(OC)c1SNc1noc2cc(C(O)c3ccn[nH]3)cc(OC)c12. The standard InChI is InChI=1S/C20H20N4O5S/c1-26-13-5-4-6-14(27-2)19(13)30-24-20-17-15(28-3)9-11(10-16(17)29-23-20)18(25)12-7-8-21-22-12/h4-10,18,25H,1-3H3,(H,21,22)(H,23,24).